The number of hydrogen-bond acceptors (Lipinski definition) is 5. The Morgan fingerprint density at radius 1 is 1.24 bits per heavy atom. The second-order valence-electron chi connectivity index (χ2n) is 6.19. The fourth-order valence-electron chi connectivity index (χ4n) is 2.28. The number of nitrogens with zero attached hydrogens (tertiary/aromatic N) is 2. The Bertz CT molecular complexity index is 709. The summed E-state index contributed by atoms with van der Waals surface area (Å²) in [6.07, 6.45) is 0. The number of benzene rings is 1. The van der Waals surface area contributed by atoms with Crippen molar-refractivity contribution in [3.05, 3.63) is 28.3 Å². The SMILES string of the molecule is CC1(C)OB(c2ccc3n[nH]c([N+](=O)[O-])c3c2)OC1(C)C. The molecule has 1 aromatic carbocycles. The molecule has 21 heavy (non-hydrogen) atoms. The van der Waals surface area contributed by atoms with E-state index in [1.807, 2.05) is 33.8 Å². The molecule has 1 aromatic heterocycles. The summed E-state index contributed by atoms with van der Waals surface area (Å²) in [5, 5.41) is 17.8. The molecule has 2 aromatic rings. The van der Waals surface area contributed by atoms with Crippen molar-refractivity contribution in [3.63, 3.8) is 0 Å². The van der Waals surface area contributed by atoms with Crippen LogP contribution >= 0.6 is 0 Å². The van der Waals surface area contributed by atoms with Gasteiger partial charge in [-0.05, 0) is 50.2 Å². The number of aromatic nitrogens is 2. The summed E-state index contributed by atoms with van der Waals surface area (Å²) in [6, 6.07) is 5.23. The standard InChI is InChI=1S/C13H16BN3O4/c1-12(2)13(3,4)21-14(20-12)8-5-6-10-9(7-8)11(16-15-10)17(18)19/h5-7H,1-4H3,(H,15,16). The molecule has 0 amide bonds. The van der Waals surface area contributed by atoms with Crippen LogP contribution in [0.4, 0.5) is 5.82 Å². The molecule has 0 aliphatic carbocycles. The Morgan fingerprint density at radius 3 is 2.43 bits per heavy atom. The maximum absolute atomic E-state index is 11.0. The lowest BCUT2D eigenvalue weighted by molar-refractivity contribution is -0.387. The second kappa shape index (κ2) is 4.28. The van der Waals surface area contributed by atoms with E-state index in [1.54, 1.807) is 12.1 Å². The van der Waals surface area contributed by atoms with Gasteiger partial charge in [0.05, 0.1) is 16.6 Å². The maximum atomic E-state index is 11.0. The van der Waals surface area contributed by atoms with Crippen LogP contribution < -0.4 is 5.46 Å². The van der Waals surface area contributed by atoms with E-state index in [2.05, 4.69) is 10.2 Å². The van der Waals surface area contributed by atoms with Gasteiger partial charge >= 0.3 is 12.9 Å². The summed E-state index contributed by atoms with van der Waals surface area (Å²) >= 11 is 0. The molecule has 1 N–H and O–H groups in total. The molecule has 1 aliphatic rings. The molecule has 0 atom stereocenters. The van der Waals surface area contributed by atoms with Crippen LogP contribution in [0.3, 0.4) is 0 Å². The zero-order chi connectivity index (χ0) is 15.4. The minimum atomic E-state index is -0.547. The number of hydrogen-bond donors (Lipinski definition) is 1. The van der Waals surface area contributed by atoms with E-state index in [9.17, 15) is 10.1 Å². The van der Waals surface area contributed by atoms with Crippen molar-refractivity contribution in [2.45, 2.75) is 38.9 Å². The molecule has 0 saturated carbocycles. The van der Waals surface area contributed by atoms with Gasteiger partial charge in [-0.15, -0.1) is 5.10 Å². The van der Waals surface area contributed by atoms with Gasteiger partial charge < -0.3 is 19.4 Å². The normalized spacial score (nSPS) is 20.1. The molecule has 3 rings (SSSR count). The lowest BCUT2D eigenvalue weighted by Crippen LogP contribution is -2.41. The van der Waals surface area contributed by atoms with Crippen LogP contribution in [-0.4, -0.2) is 33.4 Å². The first-order valence-corrected chi connectivity index (χ1v) is 6.69. The van der Waals surface area contributed by atoms with Gasteiger partial charge in [-0.2, -0.15) is 0 Å². The van der Waals surface area contributed by atoms with Crippen LogP contribution in [0.5, 0.6) is 0 Å². The maximum Gasteiger partial charge on any atom is 0.494 e. The average molecular weight is 289 g/mol. The fourth-order valence-corrected chi connectivity index (χ4v) is 2.28. The zero-order valence-corrected chi connectivity index (χ0v) is 12.3. The van der Waals surface area contributed by atoms with Gasteiger partial charge in [0.1, 0.15) is 5.52 Å². The highest BCUT2D eigenvalue weighted by Gasteiger charge is 2.51. The average Bonchev–Trinajstić information content (AvgIpc) is 2.87. The fraction of sp³-hybridized carbons (Fsp3) is 0.462. The van der Waals surface area contributed by atoms with Crippen molar-refractivity contribution in [1.82, 2.24) is 10.2 Å². The molecule has 7 nitrogen and oxygen atoms in total. The molecule has 0 bridgehead atoms. The summed E-state index contributed by atoms with van der Waals surface area (Å²) in [5.41, 5.74) is 0.386. The smallest absolute Gasteiger partial charge is 0.399 e. The minimum absolute atomic E-state index is 0.122. The van der Waals surface area contributed by atoms with Gasteiger partial charge in [-0.1, -0.05) is 11.2 Å². The van der Waals surface area contributed by atoms with Crippen LogP contribution in [0.1, 0.15) is 27.7 Å². The Labute approximate surface area is 121 Å². The van der Waals surface area contributed by atoms with Gasteiger partial charge in [0.2, 0.25) is 0 Å². The van der Waals surface area contributed by atoms with E-state index in [0.717, 1.165) is 5.46 Å². The van der Waals surface area contributed by atoms with Crippen LogP contribution in [0.2, 0.25) is 0 Å². The van der Waals surface area contributed by atoms with Gasteiger partial charge in [0.25, 0.3) is 0 Å². The van der Waals surface area contributed by atoms with Crippen LogP contribution in [0, 0.1) is 10.1 Å². The van der Waals surface area contributed by atoms with E-state index < -0.39 is 23.2 Å². The Kier molecular flexibility index (Phi) is 2.86. The second-order valence-corrected chi connectivity index (χ2v) is 6.19. The van der Waals surface area contributed by atoms with Crippen molar-refractivity contribution in [2.24, 2.45) is 0 Å². The Hall–Kier alpha value is -1.93. The largest absolute Gasteiger partial charge is 0.494 e. The number of nitrogens with one attached hydrogen (secondary N) is 1. The van der Waals surface area contributed by atoms with Crippen molar-refractivity contribution < 1.29 is 14.2 Å². The first kappa shape index (κ1) is 14.0. The van der Waals surface area contributed by atoms with Crippen LogP contribution in [-0.2, 0) is 9.31 Å². The topological polar surface area (TPSA) is 90.3 Å². The van der Waals surface area contributed by atoms with Gasteiger partial charge in [0, 0.05) is 0 Å². The summed E-state index contributed by atoms with van der Waals surface area (Å²) in [6.45, 7) is 7.86. The number of aromatic amines is 1. The summed E-state index contributed by atoms with van der Waals surface area (Å²) in [4.78, 5) is 10.5. The lowest BCUT2D eigenvalue weighted by atomic mass is 9.78. The van der Waals surface area contributed by atoms with E-state index in [0.29, 0.717) is 10.9 Å². The van der Waals surface area contributed by atoms with Crippen molar-refractivity contribution in [1.29, 1.82) is 0 Å². The summed E-state index contributed by atoms with van der Waals surface area (Å²) in [7, 11) is -0.547. The number of fused-ring (bicyclic) bond motifs is 1. The molecule has 0 spiro atoms. The molecule has 1 saturated heterocycles. The minimum Gasteiger partial charge on any atom is -0.399 e. The van der Waals surface area contributed by atoms with Gasteiger partial charge in [0.15, 0.2) is 0 Å². The predicted molar refractivity (Wildman–Crippen MR) is 78.5 cm³/mol. The predicted octanol–water partition coefficient (Wildman–Crippen LogP) is 1.77. The van der Waals surface area contributed by atoms with E-state index in [4.69, 9.17) is 9.31 Å². The third-order valence-corrected chi connectivity index (χ3v) is 4.27. The monoisotopic (exact) mass is 289 g/mol. The first-order valence-electron chi connectivity index (χ1n) is 6.69. The van der Waals surface area contributed by atoms with E-state index in [1.165, 1.54) is 0 Å². The third kappa shape index (κ3) is 2.11. The summed E-state index contributed by atoms with van der Waals surface area (Å²) < 4.78 is 11.9. The first-order chi connectivity index (χ1) is 9.71. The third-order valence-electron chi connectivity index (χ3n) is 4.27. The van der Waals surface area contributed by atoms with Crippen molar-refractivity contribution >= 4 is 29.3 Å². The molecule has 110 valence electrons. The highest BCUT2D eigenvalue weighted by Crippen LogP contribution is 2.36. The zero-order valence-electron chi connectivity index (χ0n) is 12.3. The molecule has 1 aliphatic heterocycles. The molecule has 0 unspecified atom stereocenters. The Morgan fingerprint density at radius 2 is 1.86 bits per heavy atom. The number of H-pyrrole nitrogens is 1. The summed E-state index contributed by atoms with van der Waals surface area (Å²) in [5.74, 6) is -0.122. The van der Waals surface area contributed by atoms with Gasteiger partial charge in [-0.3, -0.25) is 0 Å². The molecule has 8 heteroatoms. The highest BCUT2D eigenvalue weighted by molar-refractivity contribution is 6.62. The molecule has 0 radical (unpaired) electrons. The van der Waals surface area contributed by atoms with E-state index >= 15 is 0 Å². The molecular weight excluding hydrogens is 273 g/mol. The molecule has 2 heterocycles. The highest BCUT2D eigenvalue weighted by atomic mass is 16.7. The lowest BCUT2D eigenvalue weighted by Gasteiger charge is -2.32. The van der Waals surface area contributed by atoms with E-state index in [-0.39, 0.29) is 5.82 Å². The molecular formula is C13H16BN3O4. The van der Waals surface area contributed by atoms with Crippen LogP contribution in [0.25, 0.3) is 10.9 Å². The van der Waals surface area contributed by atoms with Gasteiger partial charge in [-0.25, -0.2) is 0 Å². The number of nitro groups is 1. The van der Waals surface area contributed by atoms with Crippen LogP contribution in [0.15, 0.2) is 18.2 Å². The Balaban J connectivity index is 2.03. The number of rotatable bonds is 2. The molecule has 1 fully saturated rings. The van der Waals surface area contributed by atoms with Crippen molar-refractivity contribution in [3.8, 4) is 0 Å². The van der Waals surface area contributed by atoms with Crippen molar-refractivity contribution in [2.75, 3.05) is 0 Å². The quantitative estimate of drug-likeness (QED) is 0.517.